The lowest BCUT2D eigenvalue weighted by atomic mass is 9.84. The largest absolute Gasteiger partial charge is 0.468 e. The molecule has 0 bridgehead atoms. The predicted octanol–water partition coefficient (Wildman–Crippen LogP) is 9.85. The van der Waals surface area contributed by atoms with Crippen LogP contribution in [0.2, 0.25) is 5.04 Å². The zero-order valence-electron chi connectivity index (χ0n) is 45.8. The Morgan fingerprint density at radius 2 is 1.54 bits per heavy atom. The molecule has 8 rings (SSSR count). The van der Waals surface area contributed by atoms with Crippen LogP contribution < -0.4 is 26.0 Å². The van der Waals surface area contributed by atoms with Gasteiger partial charge in [-0.1, -0.05) is 126 Å². The van der Waals surface area contributed by atoms with Gasteiger partial charge in [0, 0.05) is 62.6 Å². The third kappa shape index (κ3) is 12.8. The van der Waals surface area contributed by atoms with Crippen LogP contribution in [0.3, 0.4) is 0 Å². The molecule has 2 aromatic heterocycles. The molecule has 14 nitrogen and oxygen atoms in total. The summed E-state index contributed by atoms with van der Waals surface area (Å²) in [4.78, 5) is 47.2. The Hall–Kier alpha value is -6.57. The van der Waals surface area contributed by atoms with Gasteiger partial charge in [0.05, 0.1) is 42.8 Å². The second-order valence-electron chi connectivity index (χ2n) is 22.0. The van der Waals surface area contributed by atoms with Crippen molar-refractivity contribution in [1.82, 2.24) is 25.3 Å². The summed E-state index contributed by atoms with van der Waals surface area (Å²) < 4.78 is 78.2. The average Bonchev–Trinajstić information content (AvgIpc) is 3.88. The number of methoxy groups -OCH3 is 2. The summed E-state index contributed by atoms with van der Waals surface area (Å²) in [6.45, 7) is 14.1. The van der Waals surface area contributed by atoms with Crippen molar-refractivity contribution in [3.05, 3.63) is 144 Å². The molecule has 0 radical (unpaired) electrons. The lowest BCUT2D eigenvalue weighted by molar-refractivity contribution is -0.150. The van der Waals surface area contributed by atoms with Crippen molar-refractivity contribution < 1.29 is 50.9 Å². The third-order valence-corrected chi connectivity index (χ3v) is 19.9. The standard InChI is InChI=1S/C60H73F3N6O8Si/c1-40(73-7)52-46(26-18-30-64-52)53-48(36-60(5,6)39-77-78(59(2,3)4,44-22-14-10-15-23-44)45-24-16-11-17-25-45)47-34-42(28-29-51(47)69(53)55(63)54(61)62)67-32-33-75-43(37-67)35-50(65-58(72)76-38-41-20-12-9-13-21-41)56(70)68-31-19-27-49(66-68)57(71)74-8/h9-18,20-26,28-30,34,40,43,49-50,54-55,66H,19,27,31-33,35-39H2,1-8H3,(H,65,72)/t40-,43?,49?,50?,55?/m0/s1. The van der Waals surface area contributed by atoms with Crippen LogP contribution in [-0.4, -0.2) is 113 Å². The Kier molecular flexibility index (Phi) is 18.5. The number of halogens is 3. The molecule has 6 aromatic rings. The predicted molar refractivity (Wildman–Crippen MR) is 298 cm³/mol. The number of carbonyl (C=O) groups is 3. The number of esters is 1. The molecule has 416 valence electrons. The first kappa shape index (κ1) is 57.6. The number of ether oxygens (including phenoxy) is 4. The molecule has 4 unspecified atom stereocenters. The Balaban J connectivity index is 1.17. The number of alkyl carbamates (subject to hydrolysis) is 1. The summed E-state index contributed by atoms with van der Waals surface area (Å²) in [7, 11) is -0.227. The molecule has 2 aliphatic rings. The topological polar surface area (TPSA) is 146 Å². The minimum atomic E-state index is -3.37. The van der Waals surface area contributed by atoms with Crippen LogP contribution in [0.15, 0.2) is 128 Å². The zero-order valence-corrected chi connectivity index (χ0v) is 46.8. The molecule has 18 heteroatoms. The van der Waals surface area contributed by atoms with Crippen LogP contribution >= 0.6 is 0 Å². The van der Waals surface area contributed by atoms with E-state index >= 15 is 13.2 Å². The van der Waals surface area contributed by atoms with E-state index in [1.54, 1.807) is 37.6 Å². The molecule has 4 heterocycles. The van der Waals surface area contributed by atoms with Gasteiger partial charge >= 0.3 is 12.1 Å². The molecular formula is C60H73F3N6O8Si. The van der Waals surface area contributed by atoms with Crippen molar-refractivity contribution in [2.45, 2.75) is 116 Å². The van der Waals surface area contributed by atoms with Crippen LogP contribution in [-0.2, 0) is 46.0 Å². The van der Waals surface area contributed by atoms with E-state index in [1.807, 2.05) is 79.7 Å². The highest BCUT2D eigenvalue weighted by Crippen LogP contribution is 2.45. The molecule has 4 aromatic carbocycles. The number of alkyl halides is 3. The summed E-state index contributed by atoms with van der Waals surface area (Å²) in [6.07, 6.45) is -5.19. The van der Waals surface area contributed by atoms with Crippen molar-refractivity contribution >= 4 is 53.3 Å². The molecule has 0 saturated carbocycles. The van der Waals surface area contributed by atoms with Crippen LogP contribution in [0.4, 0.5) is 23.7 Å². The van der Waals surface area contributed by atoms with Crippen molar-refractivity contribution in [3.63, 3.8) is 0 Å². The second-order valence-corrected chi connectivity index (χ2v) is 26.3. The van der Waals surface area contributed by atoms with E-state index in [4.69, 9.17) is 23.4 Å². The van der Waals surface area contributed by atoms with Crippen molar-refractivity contribution in [3.8, 4) is 11.3 Å². The van der Waals surface area contributed by atoms with Crippen LogP contribution in [0.25, 0.3) is 22.2 Å². The van der Waals surface area contributed by atoms with E-state index in [0.29, 0.717) is 47.3 Å². The fourth-order valence-corrected chi connectivity index (χ4v) is 15.8. The Labute approximate surface area is 456 Å². The highest BCUT2D eigenvalue weighted by atomic mass is 28.4. The number of carbonyl (C=O) groups excluding carboxylic acids is 3. The normalized spacial score (nSPS) is 17.6. The number of amides is 2. The molecule has 2 N–H and O–H groups in total. The maximum Gasteiger partial charge on any atom is 0.408 e. The Morgan fingerprint density at radius 1 is 0.872 bits per heavy atom. The fraction of sp³-hybridized carbons (Fsp3) is 0.433. The number of morpholine rings is 1. The number of rotatable bonds is 20. The number of nitrogens with one attached hydrogen (secondary N) is 2. The molecule has 0 aliphatic carbocycles. The van der Waals surface area contributed by atoms with Crippen molar-refractivity contribution in [2.24, 2.45) is 5.41 Å². The Morgan fingerprint density at radius 3 is 2.17 bits per heavy atom. The summed E-state index contributed by atoms with van der Waals surface area (Å²) in [6, 6.07) is 36.8. The fourth-order valence-electron chi connectivity index (χ4n) is 11.0. The molecule has 2 amide bonds. The minimum Gasteiger partial charge on any atom is -0.468 e. The van der Waals surface area contributed by atoms with Gasteiger partial charge in [-0.15, -0.1) is 0 Å². The van der Waals surface area contributed by atoms with Crippen LogP contribution in [0.1, 0.15) is 90.0 Å². The van der Waals surface area contributed by atoms with Gasteiger partial charge in [0.25, 0.3) is 20.7 Å². The van der Waals surface area contributed by atoms with E-state index in [9.17, 15) is 14.4 Å². The van der Waals surface area contributed by atoms with Gasteiger partial charge in [0.1, 0.15) is 18.7 Å². The number of fused-ring (bicyclic) bond motifs is 1. The van der Waals surface area contributed by atoms with Gasteiger partial charge in [-0.05, 0) is 88.5 Å². The second kappa shape index (κ2) is 25.0. The zero-order chi connectivity index (χ0) is 55.8. The lowest BCUT2D eigenvalue weighted by Crippen LogP contribution is -2.67. The number of anilines is 1. The highest BCUT2D eigenvalue weighted by Gasteiger charge is 2.51. The average molecular weight is 1090 g/mol. The van der Waals surface area contributed by atoms with Gasteiger partial charge in [-0.3, -0.25) is 19.6 Å². The van der Waals surface area contributed by atoms with E-state index in [-0.39, 0.29) is 62.0 Å². The third-order valence-electron chi connectivity index (χ3n) is 14.9. The highest BCUT2D eigenvalue weighted by molar-refractivity contribution is 6.99. The van der Waals surface area contributed by atoms with E-state index < -0.39 is 68.7 Å². The molecular weight excluding hydrogens is 1020 g/mol. The van der Waals surface area contributed by atoms with Gasteiger partial charge in [0.2, 0.25) is 6.30 Å². The van der Waals surface area contributed by atoms with Crippen LogP contribution in [0.5, 0.6) is 0 Å². The minimum absolute atomic E-state index is 0.0272. The number of pyridine rings is 1. The lowest BCUT2D eigenvalue weighted by Gasteiger charge is -2.44. The van der Waals surface area contributed by atoms with Gasteiger partial charge < -0.3 is 38.2 Å². The molecule has 78 heavy (non-hydrogen) atoms. The summed E-state index contributed by atoms with van der Waals surface area (Å²) in [5.74, 6) is -0.998. The first-order valence-electron chi connectivity index (χ1n) is 26.7. The van der Waals surface area contributed by atoms with Crippen molar-refractivity contribution in [1.29, 1.82) is 0 Å². The van der Waals surface area contributed by atoms with Crippen molar-refractivity contribution in [2.75, 3.05) is 52.0 Å². The first-order chi connectivity index (χ1) is 37.3. The smallest absolute Gasteiger partial charge is 0.408 e. The molecule has 2 saturated heterocycles. The van der Waals surface area contributed by atoms with E-state index in [2.05, 4.69) is 79.5 Å². The number of hydrogen-bond donors (Lipinski definition) is 2. The van der Waals surface area contributed by atoms with Gasteiger partial charge in [-0.2, -0.15) is 0 Å². The molecule has 5 atom stereocenters. The summed E-state index contributed by atoms with van der Waals surface area (Å²) >= 11 is 0. The SMILES string of the molecule is COC(=O)C1CCCN(C(=O)C(CC2CN(c3ccc4c(c3)c(CC(C)(C)CO[Si](c3ccccc3)(c3ccccc3)C(C)(C)C)c(-c3cccnc3[C@H](C)OC)n4C(F)C(F)F)CCO2)NC(=O)OCc2ccccc2)N1. The summed E-state index contributed by atoms with van der Waals surface area (Å²) in [5, 5.41) is 6.58. The molecule has 0 spiro atoms. The molecule has 2 fully saturated rings. The maximum atomic E-state index is 16.8. The quantitative estimate of drug-likeness (QED) is 0.0557. The van der Waals surface area contributed by atoms with E-state index in [1.165, 1.54) is 12.1 Å². The number of benzene rings is 4. The van der Waals surface area contributed by atoms with Gasteiger partial charge in [-0.25, -0.2) is 23.4 Å². The number of hydrazine groups is 1. The number of hydrogen-bond acceptors (Lipinski definition) is 11. The van der Waals surface area contributed by atoms with Crippen LogP contribution in [0, 0.1) is 5.41 Å². The maximum absolute atomic E-state index is 16.8. The van der Waals surface area contributed by atoms with Gasteiger partial charge in [0.15, 0.2) is 0 Å². The van der Waals surface area contributed by atoms with E-state index in [0.717, 1.165) is 20.5 Å². The number of aromatic nitrogens is 2. The molecule has 2 aliphatic heterocycles. The Bertz CT molecular complexity index is 2940. The number of nitrogens with zero attached hydrogens (tertiary/aromatic N) is 4. The first-order valence-corrected chi connectivity index (χ1v) is 28.6. The summed E-state index contributed by atoms with van der Waals surface area (Å²) in [5.41, 5.74) is 5.88. The monoisotopic (exact) mass is 1090 g/mol.